The summed E-state index contributed by atoms with van der Waals surface area (Å²) in [4.78, 5) is 18.2. The highest BCUT2D eigenvalue weighted by molar-refractivity contribution is 5.95. The number of halogens is 3. The van der Waals surface area contributed by atoms with E-state index < -0.39 is 11.9 Å². The molecule has 1 aromatic heterocycles. The summed E-state index contributed by atoms with van der Waals surface area (Å²) in [6.07, 6.45) is -1.96. The Labute approximate surface area is 144 Å². The quantitative estimate of drug-likeness (QED) is 0.830. The molecule has 0 saturated carbocycles. The largest absolute Gasteiger partial charge is 0.433 e. The van der Waals surface area contributed by atoms with Crippen LogP contribution in [0.1, 0.15) is 40.2 Å². The first kappa shape index (κ1) is 17.5. The summed E-state index contributed by atoms with van der Waals surface area (Å²) in [7, 11) is 0. The Kier molecular flexibility index (Phi) is 4.79. The Balaban J connectivity index is 1.80. The number of nitrogens with zero attached hydrogens (tertiary/aromatic N) is 2. The van der Waals surface area contributed by atoms with Crippen LogP contribution >= 0.6 is 0 Å². The minimum atomic E-state index is -4.50. The molecule has 1 atom stereocenters. The highest BCUT2D eigenvalue weighted by Gasteiger charge is 2.34. The lowest BCUT2D eigenvalue weighted by atomic mass is 10.0. The number of aromatic nitrogens is 1. The fraction of sp³-hybridized carbons (Fsp3) is 0.368. The van der Waals surface area contributed by atoms with Crippen molar-refractivity contribution in [1.29, 1.82) is 0 Å². The van der Waals surface area contributed by atoms with E-state index in [4.69, 9.17) is 0 Å². The molecule has 25 heavy (non-hydrogen) atoms. The molecule has 0 bridgehead atoms. The van der Waals surface area contributed by atoms with Crippen LogP contribution in [0.5, 0.6) is 0 Å². The number of benzene rings is 1. The van der Waals surface area contributed by atoms with E-state index in [2.05, 4.69) is 4.98 Å². The number of hydrogen-bond donors (Lipinski definition) is 0. The fourth-order valence-electron chi connectivity index (χ4n) is 3.30. The van der Waals surface area contributed by atoms with E-state index in [1.807, 2.05) is 30.3 Å². The van der Waals surface area contributed by atoms with Gasteiger partial charge in [0.1, 0.15) is 5.69 Å². The lowest BCUT2D eigenvalue weighted by Gasteiger charge is -2.25. The molecule has 1 fully saturated rings. The average molecular weight is 348 g/mol. The molecular weight excluding hydrogens is 329 g/mol. The summed E-state index contributed by atoms with van der Waals surface area (Å²) in [5.74, 6) is -0.239. The van der Waals surface area contributed by atoms with Crippen molar-refractivity contribution in [2.75, 3.05) is 6.54 Å². The molecule has 0 N–H and O–H groups in total. The molecule has 3 rings (SSSR count). The van der Waals surface area contributed by atoms with E-state index in [1.54, 1.807) is 4.90 Å². The maximum Gasteiger partial charge on any atom is 0.433 e. The molecule has 1 saturated heterocycles. The lowest BCUT2D eigenvalue weighted by Crippen LogP contribution is -2.37. The Morgan fingerprint density at radius 2 is 1.92 bits per heavy atom. The van der Waals surface area contributed by atoms with Gasteiger partial charge in [-0.25, -0.2) is 4.98 Å². The van der Waals surface area contributed by atoms with Crippen LogP contribution < -0.4 is 0 Å². The minimum Gasteiger partial charge on any atom is -0.335 e. The van der Waals surface area contributed by atoms with Gasteiger partial charge < -0.3 is 4.90 Å². The van der Waals surface area contributed by atoms with Gasteiger partial charge in [-0.1, -0.05) is 30.3 Å². The molecule has 1 aromatic carbocycles. The Hall–Kier alpha value is -2.37. The number of carbonyl (C=O) groups is 1. The lowest BCUT2D eigenvalue weighted by molar-refractivity contribution is -0.141. The van der Waals surface area contributed by atoms with Crippen molar-refractivity contribution in [3.8, 4) is 0 Å². The molecule has 2 aromatic rings. The second kappa shape index (κ2) is 6.86. The van der Waals surface area contributed by atoms with E-state index in [0.717, 1.165) is 30.9 Å². The first-order chi connectivity index (χ1) is 11.9. The van der Waals surface area contributed by atoms with Crippen LogP contribution in [0.3, 0.4) is 0 Å². The molecule has 0 radical (unpaired) electrons. The van der Waals surface area contributed by atoms with Crippen LogP contribution in [-0.2, 0) is 12.6 Å². The zero-order valence-electron chi connectivity index (χ0n) is 13.9. The molecule has 2 heterocycles. The van der Waals surface area contributed by atoms with Gasteiger partial charge in [0, 0.05) is 12.6 Å². The van der Waals surface area contributed by atoms with E-state index in [0.29, 0.717) is 6.54 Å². The number of carbonyl (C=O) groups excluding carboxylic acids is 1. The maximum absolute atomic E-state index is 12.8. The zero-order chi connectivity index (χ0) is 18.0. The predicted molar refractivity (Wildman–Crippen MR) is 88.2 cm³/mol. The number of pyridine rings is 1. The van der Waals surface area contributed by atoms with Crippen molar-refractivity contribution in [3.05, 3.63) is 65.0 Å². The van der Waals surface area contributed by atoms with Crippen LogP contribution in [0.25, 0.3) is 0 Å². The van der Waals surface area contributed by atoms with E-state index in [1.165, 1.54) is 13.0 Å². The van der Waals surface area contributed by atoms with E-state index in [9.17, 15) is 18.0 Å². The SMILES string of the molecule is Cc1nc(C(F)(F)F)ccc1C(=O)N1CCCC1Cc1ccccc1. The third-order valence-corrected chi connectivity index (χ3v) is 4.56. The van der Waals surface area contributed by atoms with Crippen molar-refractivity contribution in [1.82, 2.24) is 9.88 Å². The second-order valence-corrected chi connectivity index (χ2v) is 6.31. The van der Waals surface area contributed by atoms with Crippen molar-refractivity contribution >= 4 is 5.91 Å². The average Bonchev–Trinajstić information content (AvgIpc) is 3.02. The molecule has 132 valence electrons. The zero-order valence-corrected chi connectivity index (χ0v) is 13.9. The molecule has 6 heteroatoms. The standard InChI is InChI=1S/C19H19F3N2O/c1-13-16(9-10-17(23-13)19(20,21)22)18(25)24-11-5-8-15(24)12-14-6-3-2-4-7-14/h2-4,6-7,9-10,15H,5,8,11-12H2,1H3. The van der Waals surface area contributed by atoms with Crippen molar-refractivity contribution in [2.24, 2.45) is 0 Å². The molecule has 1 amide bonds. The van der Waals surface area contributed by atoms with Gasteiger partial charge in [0.05, 0.1) is 11.3 Å². The van der Waals surface area contributed by atoms with Gasteiger partial charge in [-0.2, -0.15) is 13.2 Å². The Morgan fingerprint density at radius 3 is 2.56 bits per heavy atom. The first-order valence-electron chi connectivity index (χ1n) is 8.26. The highest BCUT2D eigenvalue weighted by Crippen LogP contribution is 2.29. The molecule has 0 aliphatic carbocycles. The third kappa shape index (κ3) is 3.83. The van der Waals surface area contributed by atoms with Crippen LogP contribution in [0.4, 0.5) is 13.2 Å². The molecular formula is C19H19F3N2O. The second-order valence-electron chi connectivity index (χ2n) is 6.31. The molecule has 1 unspecified atom stereocenters. The number of amides is 1. The number of rotatable bonds is 3. The third-order valence-electron chi connectivity index (χ3n) is 4.56. The number of alkyl halides is 3. The number of likely N-dealkylation sites (tertiary alicyclic amines) is 1. The minimum absolute atomic E-state index is 0.0663. The summed E-state index contributed by atoms with van der Waals surface area (Å²) in [5.41, 5.74) is 0.538. The smallest absolute Gasteiger partial charge is 0.335 e. The van der Waals surface area contributed by atoms with Gasteiger partial charge in [0.25, 0.3) is 5.91 Å². The van der Waals surface area contributed by atoms with Crippen molar-refractivity contribution in [2.45, 2.75) is 38.4 Å². The first-order valence-corrected chi connectivity index (χ1v) is 8.26. The summed E-state index contributed by atoms with van der Waals surface area (Å²) in [5, 5.41) is 0. The van der Waals surface area contributed by atoms with Crippen LogP contribution in [0, 0.1) is 6.92 Å². The normalized spacial score (nSPS) is 17.8. The fourth-order valence-corrected chi connectivity index (χ4v) is 3.30. The monoisotopic (exact) mass is 348 g/mol. The maximum atomic E-state index is 12.8. The summed E-state index contributed by atoms with van der Waals surface area (Å²) in [6, 6.07) is 12.1. The van der Waals surface area contributed by atoms with E-state index in [-0.39, 0.29) is 23.2 Å². The summed E-state index contributed by atoms with van der Waals surface area (Å²) >= 11 is 0. The Morgan fingerprint density at radius 1 is 1.20 bits per heavy atom. The van der Waals surface area contributed by atoms with Gasteiger partial charge in [-0.05, 0) is 43.9 Å². The van der Waals surface area contributed by atoms with Crippen molar-refractivity contribution < 1.29 is 18.0 Å². The van der Waals surface area contributed by atoms with Gasteiger partial charge in [0.15, 0.2) is 0 Å². The van der Waals surface area contributed by atoms with Gasteiger partial charge >= 0.3 is 6.18 Å². The molecule has 0 spiro atoms. The van der Waals surface area contributed by atoms with Gasteiger partial charge in [0.2, 0.25) is 0 Å². The Bertz CT molecular complexity index is 759. The van der Waals surface area contributed by atoms with Crippen LogP contribution in [-0.4, -0.2) is 28.4 Å². The van der Waals surface area contributed by atoms with Gasteiger partial charge in [-0.3, -0.25) is 4.79 Å². The molecule has 1 aliphatic heterocycles. The van der Waals surface area contributed by atoms with Crippen LogP contribution in [0.15, 0.2) is 42.5 Å². The molecule has 1 aliphatic rings. The van der Waals surface area contributed by atoms with Gasteiger partial charge in [-0.15, -0.1) is 0 Å². The van der Waals surface area contributed by atoms with Crippen LogP contribution in [0.2, 0.25) is 0 Å². The predicted octanol–water partition coefficient (Wildman–Crippen LogP) is 4.26. The topological polar surface area (TPSA) is 33.2 Å². The summed E-state index contributed by atoms with van der Waals surface area (Å²) in [6.45, 7) is 2.07. The summed E-state index contributed by atoms with van der Waals surface area (Å²) < 4.78 is 38.2. The number of aryl methyl sites for hydroxylation is 1. The van der Waals surface area contributed by atoms with E-state index >= 15 is 0 Å². The van der Waals surface area contributed by atoms with Crippen molar-refractivity contribution in [3.63, 3.8) is 0 Å². The molecule has 3 nitrogen and oxygen atoms in total. The highest BCUT2D eigenvalue weighted by atomic mass is 19.4. The number of hydrogen-bond acceptors (Lipinski definition) is 2.